The Balaban J connectivity index is 4.61. The number of aliphatic carboxylic acids is 1. The number of esters is 1. The summed E-state index contributed by atoms with van der Waals surface area (Å²) >= 11 is 0. The SMILES string of the molecule is CCOC(=O)C(C)(CC(O)COC(C)C)C(=O)O. The minimum Gasteiger partial charge on any atom is -0.480 e. The lowest BCUT2D eigenvalue weighted by Gasteiger charge is -2.25. The van der Waals surface area contributed by atoms with Crippen LogP contribution in [0.3, 0.4) is 0 Å². The van der Waals surface area contributed by atoms with E-state index in [-0.39, 0.29) is 25.7 Å². The monoisotopic (exact) mass is 262 g/mol. The highest BCUT2D eigenvalue weighted by Crippen LogP contribution is 2.26. The fourth-order valence-electron chi connectivity index (χ4n) is 1.38. The summed E-state index contributed by atoms with van der Waals surface area (Å²) in [5, 5.41) is 18.8. The quantitative estimate of drug-likeness (QED) is 0.497. The van der Waals surface area contributed by atoms with E-state index in [9.17, 15) is 14.7 Å². The Bertz CT molecular complexity index is 288. The normalized spacial score (nSPS) is 16.1. The molecule has 6 heteroatoms. The van der Waals surface area contributed by atoms with Crippen LogP contribution in [0.5, 0.6) is 0 Å². The predicted octanol–water partition coefficient (Wildman–Crippen LogP) is 0.816. The van der Waals surface area contributed by atoms with E-state index >= 15 is 0 Å². The maximum Gasteiger partial charge on any atom is 0.323 e. The van der Waals surface area contributed by atoms with Crippen LogP contribution in [0.2, 0.25) is 0 Å². The van der Waals surface area contributed by atoms with Crippen LogP contribution in [0.4, 0.5) is 0 Å². The van der Waals surface area contributed by atoms with Crippen LogP contribution in [0.1, 0.15) is 34.1 Å². The van der Waals surface area contributed by atoms with E-state index in [4.69, 9.17) is 14.6 Å². The van der Waals surface area contributed by atoms with Crippen LogP contribution in [0.25, 0.3) is 0 Å². The number of carboxylic acids is 1. The molecule has 0 aliphatic carbocycles. The number of rotatable bonds is 8. The third-order valence-corrected chi connectivity index (χ3v) is 2.46. The lowest BCUT2D eigenvalue weighted by molar-refractivity contribution is -0.170. The van der Waals surface area contributed by atoms with Gasteiger partial charge in [-0.1, -0.05) is 0 Å². The van der Waals surface area contributed by atoms with Gasteiger partial charge in [0.25, 0.3) is 0 Å². The highest BCUT2D eigenvalue weighted by Gasteiger charge is 2.44. The van der Waals surface area contributed by atoms with Gasteiger partial charge in [0.1, 0.15) is 0 Å². The van der Waals surface area contributed by atoms with Crippen molar-refractivity contribution in [2.75, 3.05) is 13.2 Å². The molecular weight excluding hydrogens is 240 g/mol. The second-order valence-electron chi connectivity index (χ2n) is 4.60. The van der Waals surface area contributed by atoms with E-state index < -0.39 is 23.5 Å². The largest absolute Gasteiger partial charge is 0.480 e. The molecule has 0 bridgehead atoms. The van der Waals surface area contributed by atoms with Crippen LogP contribution in [-0.4, -0.2) is 47.6 Å². The summed E-state index contributed by atoms with van der Waals surface area (Å²) in [5.74, 6) is -2.16. The Labute approximate surface area is 107 Å². The highest BCUT2D eigenvalue weighted by molar-refractivity contribution is 5.98. The van der Waals surface area contributed by atoms with E-state index in [1.165, 1.54) is 6.92 Å². The lowest BCUT2D eigenvalue weighted by Crippen LogP contribution is -2.41. The van der Waals surface area contributed by atoms with Gasteiger partial charge in [0.2, 0.25) is 0 Å². The van der Waals surface area contributed by atoms with Gasteiger partial charge in [-0.05, 0) is 27.7 Å². The molecule has 0 rings (SSSR count). The second-order valence-corrected chi connectivity index (χ2v) is 4.60. The summed E-state index contributed by atoms with van der Waals surface area (Å²) in [6.07, 6.45) is -1.34. The van der Waals surface area contributed by atoms with Crippen molar-refractivity contribution >= 4 is 11.9 Å². The first kappa shape index (κ1) is 16.9. The fourth-order valence-corrected chi connectivity index (χ4v) is 1.38. The highest BCUT2D eigenvalue weighted by atomic mass is 16.5. The molecule has 106 valence electrons. The zero-order valence-corrected chi connectivity index (χ0v) is 11.3. The maximum atomic E-state index is 11.6. The van der Waals surface area contributed by atoms with Crippen molar-refractivity contribution in [3.63, 3.8) is 0 Å². The van der Waals surface area contributed by atoms with Crippen molar-refractivity contribution in [3.8, 4) is 0 Å². The van der Waals surface area contributed by atoms with Crippen LogP contribution in [0, 0.1) is 5.41 Å². The first-order valence-corrected chi connectivity index (χ1v) is 5.94. The Kier molecular flexibility index (Phi) is 6.86. The van der Waals surface area contributed by atoms with Gasteiger partial charge in [-0.15, -0.1) is 0 Å². The molecule has 0 radical (unpaired) electrons. The zero-order valence-electron chi connectivity index (χ0n) is 11.3. The minimum atomic E-state index is -1.75. The van der Waals surface area contributed by atoms with Crippen LogP contribution >= 0.6 is 0 Å². The molecule has 0 fully saturated rings. The standard InChI is InChI=1S/C12H22O6/c1-5-17-11(16)12(4,10(14)15)6-9(13)7-18-8(2)3/h8-9,13H,5-7H2,1-4H3,(H,14,15). The van der Waals surface area contributed by atoms with Gasteiger partial charge in [-0.25, -0.2) is 0 Å². The molecule has 0 saturated carbocycles. The summed E-state index contributed by atoms with van der Waals surface area (Å²) in [7, 11) is 0. The second kappa shape index (κ2) is 7.33. The van der Waals surface area contributed by atoms with E-state index in [0.29, 0.717) is 0 Å². The van der Waals surface area contributed by atoms with Crippen molar-refractivity contribution in [2.45, 2.75) is 46.3 Å². The Morgan fingerprint density at radius 2 is 1.89 bits per heavy atom. The van der Waals surface area contributed by atoms with Gasteiger partial charge in [0.15, 0.2) is 5.41 Å². The fraction of sp³-hybridized carbons (Fsp3) is 0.833. The van der Waals surface area contributed by atoms with Gasteiger partial charge < -0.3 is 19.7 Å². The number of carboxylic acid groups (broad SMARTS) is 1. The van der Waals surface area contributed by atoms with E-state index in [1.807, 2.05) is 0 Å². The molecular formula is C12H22O6. The molecule has 0 aliphatic rings. The molecule has 0 amide bonds. The lowest BCUT2D eigenvalue weighted by atomic mass is 9.84. The topological polar surface area (TPSA) is 93.1 Å². The first-order valence-electron chi connectivity index (χ1n) is 5.94. The minimum absolute atomic E-state index is 0.0139. The van der Waals surface area contributed by atoms with Crippen LogP contribution < -0.4 is 0 Å². The smallest absolute Gasteiger partial charge is 0.323 e. The summed E-state index contributed by atoms with van der Waals surface area (Å²) in [5.41, 5.74) is -1.75. The van der Waals surface area contributed by atoms with Crippen molar-refractivity contribution in [1.82, 2.24) is 0 Å². The molecule has 2 atom stereocenters. The molecule has 0 aromatic heterocycles. The third-order valence-electron chi connectivity index (χ3n) is 2.46. The molecule has 6 nitrogen and oxygen atoms in total. The number of aliphatic hydroxyl groups excluding tert-OH is 1. The molecule has 0 aromatic carbocycles. The summed E-state index contributed by atoms with van der Waals surface area (Å²) < 4.78 is 9.90. The Morgan fingerprint density at radius 1 is 1.33 bits per heavy atom. The Morgan fingerprint density at radius 3 is 2.28 bits per heavy atom. The predicted molar refractivity (Wildman–Crippen MR) is 64.1 cm³/mol. The van der Waals surface area contributed by atoms with Crippen molar-refractivity contribution in [3.05, 3.63) is 0 Å². The van der Waals surface area contributed by atoms with Crippen molar-refractivity contribution in [1.29, 1.82) is 0 Å². The molecule has 2 unspecified atom stereocenters. The molecule has 0 aromatic rings. The molecule has 0 aliphatic heterocycles. The average molecular weight is 262 g/mol. The number of ether oxygens (including phenoxy) is 2. The maximum absolute atomic E-state index is 11.6. The molecule has 2 N–H and O–H groups in total. The number of aliphatic hydroxyl groups is 1. The van der Waals surface area contributed by atoms with Gasteiger partial charge in [-0.3, -0.25) is 9.59 Å². The van der Waals surface area contributed by atoms with Gasteiger partial charge in [0.05, 0.1) is 25.4 Å². The van der Waals surface area contributed by atoms with Gasteiger partial charge >= 0.3 is 11.9 Å². The zero-order chi connectivity index (χ0) is 14.3. The van der Waals surface area contributed by atoms with Crippen LogP contribution in [0.15, 0.2) is 0 Å². The van der Waals surface area contributed by atoms with Crippen molar-refractivity contribution in [2.24, 2.45) is 5.41 Å². The van der Waals surface area contributed by atoms with Gasteiger partial charge in [0, 0.05) is 6.42 Å². The number of carbonyl (C=O) groups excluding carboxylic acids is 1. The van der Waals surface area contributed by atoms with Crippen LogP contribution in [-0.2, 0) is 19.1 Å². The number of carbonyl (C=O) groups is 2. The molecule has 0 saturated heterocycles. The Hall–Kier alpha value is -1.14. The molecule has 0 heterocycles. The van der Waals surface area contributed by atoms with E-state index in [2.05, 4.69) is 0 Å². The molecule has 18 heavy (non-hydrogen) atoms. The summed E-state index contributed by atoms with van der Waals surface area (Å²) in [6, 6.07) is 0. The van der Waals surface area contributed by atoms with E-state index in [1.54, 1.807) is 20.8 Å². The first-order chi connectivity index (χ1) is 8.24. The van der Waals surface area contributed by atoms with E-state index in [0.717, 1.165) is 0 Å². The summed E-state index contributed by atoms with van der Waals surface area (Å²) in [6.45, 7) is 6.52. The van der Waals surface area contributed by atoms with Gasteiger partial charge in [-0.2, -0.15) is 0 Å². The summed E-state index contributed by atoms with van der Waals surface area (Å²) in [4.78, 5) is 22.8. The number of hydrogen-bond donors (Lipinski definition) is 2. The third kappa shape index (κ3) is 5.01. The number of hydrogen-bond acceptors (Lipinski definition) is 5. The van der Waals surface area contributed by atoms with Crippen molar-refractivity contribution < 1.29 is 29.3 Å². The average Bonchev–Trinajstić information content (AvgIpc) is 2.26. The molecule has 0 spiro atoms.